The van der Waals surface area contributed by atoms with E-state index in [0.29, 0.717) is 36.2 Å². The summed E-state index contributed by atoms with van der Waals surface area (Å²) in [6, 6.07) is 16.2. The lowest BCUT2D eigenvalue weighted by Crippen LogP contribution is -2.40. The Morgan fingerprint density at radius 1 is 1.11 bits per heavy atom. The number of carbonyl (C=O) groups is 2. The Kier molecular flexibility index (Phi) is 4.66. The Labute approximate surface area is 164 Å². The number of amides is 1. The van der Waals surface area contributed by atoms with Crippen LogP contribution >= 0.6 is 15.9 Å². The topological polar surface area (TPSA) is 70.5 Å². The van der Waals surface area contributed by atoms with Crippen molar-refractivity contribution in [1.29, 1.82) is 0 Å². The normalized spacial score (nSPS) is 16.6. The van der Waals surface area contributed by atoms with Crippen LogP contribution in [0.4, 0.5) is 0 Å². The molecule has 0 spiro atoms. The van der Waals surface area contributed by atoms with Gasteiger partial charge in [0.1, 0.15) is 6.04 Å². The predicted molar refractivity (Wildman–Crippen MR) is 107 cm³/mol. The van der Waals surface area contributed by atoms with E-state index in [9.17, 15) is 14.7 Å². The van der Waals surface area contributed by atoms with Crippen LogP contribution < -0.4 is 0 Å². The van der Waals surface area contributed by atoms with Crippen molar-refractivity contribution in [3.8, 4) is 11.3 Å². The van der Waals surface area contributed by atoms with Crippen molar-refractivity contribution in [2.45, 2.75) is 18.9 Å². The van der Waals surface area contributed by atoms with Crippen LogP contribution in [-0.4, -0.2) is 39.5 Å². The molecule has 0 radical (unpaired) electrons. The lowest BCUT2D eigenvalue weighted by atomic mass is 10.0. The smallest absolute Gasteiger partial charge is 0.326 e. The van der Waals surface area contributed by atoms with E-state index in [4.69, 9.17) is 4.98 Å². The summed E-state index contributed by atoms with van der Waals surface area (Å²) < 4.78 is 0.871. The van der Waals surface area contributed by atoms with Crippen LogP contribution in [0, 0.1) is 0 Å². The van der Waals surface area contributed by atoms with Gasteiger partial charge in [0.25, 0.3) is 5.91 Å². The average molecular weight is 425 g/mol. The SMILES string of the molecule is O=C(O)C1CCCN1C(=O)c1cc(-c2ccccc2)nc2cc(Br)ccc12. The molecular weight excluding hydrogens is 408 g/mol. The molecule has 1 N–H and O–H groups in total. The molecule has 1 unspecified atom stereocenters. The molecule has 27 heavy (non-hydrogen) atoms. The minimum absolute atomic E-state index is 0.258. The Bertz CT molecular complexity index is 1040. The highest BCUT2D eigenvalue weighted by Gasteiger charge is 2.35. The lowest BCUT2D eigenvalue weighted by molar-refractivity contribution is -0.141. The van der Waals surface area contributed by atoms with Gasteiger partial charge in [0.2, 0.25) is 0 Å². The molecule has 6 heteroatoms. The van der Waals surface area contributed by atoms with Crippen LogP contribution in [0.2, 0.25) is 0 Å². The second-order valence-corrected chi connectivity index (χ2v) is 7.49. The van der Waals surface area contributed by atoms with Crippen molar-refractivity contribution in [2.75, 3.05) is 6.54 Å². The number of carboxylic acids is 1. The Balaban J connectivity index is 1.88. The number of benzene rings is 2. The lowest BCUT2D eigenvalue weighted by Gasteiger charge is -2.22. The van der Waals surface area contributed by atoms with Gasteiger partial charge in [-0.1, -0.05) is 52.3 Å². The zero-order chi connectivity index (χ0) is 19.0. The molecular formula is C21H17BrN2O3. The third kappa shape index (κ3) is 3.32. The van der Waals surface area contributed by atoms with Gasteiger partial charge in [-0.25, -0.2) is 9.78 Å². The number of nitrogens with zero attached hydrogens (tertiary/aromatic N) is 2. The minimum atomic E-state index is -0.953. The fourth-order valence-electron chi connectivity index (χ4n) is 3.56. The molecule has 0 saturated carbocycles. The van der Waals surface area contributed by atoms with Crippen molar-refractivity contribution in [3.05, 3.63) is 64.6 Å². The largest absolute Gasteiger partial charge is 0.480 e. The van der Waals surface area contributed by atoms with Crippen molar-refractivity contribution in [2.24, 2.45) is 0 Å². The van der Waals surface area contributed by atoms with E-state index >= 15 is 0 Å². The summed E-state index contributed by atoms with van der Waals surface area (Å²) in [6.07, 6.45) is 1.18. The molecule has 1 aliphatic heterocycles. The van der Waals surface area contributed by atoms with Gasteiger partial charge in [0.15, 0.2) is 0 Å². The van der Waals surface area contributed by atoms with Gasteiger partial charge in [0.05, 0.1) is 16.8 Å². The molecule has 4 rings (SSSR count). The fourth-order valence-corrected chi connectivity index (χ4v) is 3.91. The number of carboxylic acid groups (broad SMARTS) is 1. The molecule has 2 heterocycles. The van der Waals surface area contributed by atoms with E-state index in [1.165, 1.54) is 4.90 Å². The summed E-state index contributed by atoms with van der Waals surface area (Å²) in [7, 11) is 0. The molecule has 0 bridgehead atoms. The molecule has 0 aliphatic carbocycles. The van der Waals surface area contributed by atoms with Crippen molar-refractivity contribution < 1.29 is 14.7 Å². The zero-order valence-electron chi connectivity index (χ0n) is 14.4. The molecule has 1 saturated heterocycles. The number of fused-ring (bicyclic) bond motifs is 1. The van der Waals surface area contributed by atoms with Gasteiger partial charge in [-0.15, -0.1) is 0 Å². The monoisotopic (exact) mass is 424 g/mol. The van der Waals surface area contributed by atoms with E-state index in [1.807, 2.05) is 48.5 Å². The standard InChI is InChI=1S/C21H17BrN2O3/c22-14-8-9-15-16(20(25)24-10-4-7-19(24)21(26)27)12-17(23-18(15)11-14)13-5-2-1-3-6-13/h1-3,5-6,8-9,11-12,19H,4,7,10H2,(H,26,27). The van der Waals surface area contributed by atoms with Crippen LogP contribution in [0.3, 0.4) is 0 Å². The van der Waals surface area contributed by atoms with E-state index in [0.717, 1.165) is 15.4 Å². The summed E-state index contributed by atoms with van der Waals surface area (Å²) in [5.74, 6) is -1.21. The van der Waals surface area contributed by atoms with E-state index in [2.05, 4.69) is 15.9 Å². The van der Waals surface area contributed by atoms with Gasteiger partial charge >= 0.3 is 5.97 Å². The molecule has 136 valence electrons. The second kappa shape index (κ2) is 7.12. The molecule has 1 amide bonds. The Morgan fingerprint density at radius 2 is 1.89 bits per heavy atom. The van der Waals surface area contributed by atoms with Crippen molar-refractivity contribution in [3.63, 3.8) is 0 Å². The summed E-state index contributed by atoms with van der Waals surface area (Å²) in [4.78, 5) is 31.0. The average Bonchev–Trinajstić information content (AvgIpc) is 3.17. The first kappa shape index (κ1) is 17.7. The highest BCUT2D eigenvalue weighted by Crippen LogP contribution is 2.29. The van der Waals surface area contributed by atoms with Crippen molar-refractivity contribution in [1.82, 2.24) is 9.88 Å². The number of hydrogen-bond donors (Lipinski definition) is 1. The molecule has 1 aliphatic rings. The Morgan fingerprint density at radius 3 is 2.63 bits per heavy atom. The van der Waals surface area contributed by atoms with Crippen LogP contribution in [-0.2, 0) is 4.79 Å². The maximum atomic E-state index is 13.3. The number of hydrogen-bond acceptors (Lipinski definition) is 3. The van der Waals surface area contributed by atoms with Gasteiger partial charge in [-0.2, -0.15) is 0 Å². The van der Waals surface area contributed by atoms with E-state index < -0.39 is 12.0 Å². The zero-order valence-corrected chi connectivity index (χ0v) is 16.0. The highest BCUT2D eigenvalue weighted by atomic mass is 79.9. The van der Waals surface area contributed by atoms with Gasteiger partial charge in [0, 0.05) is 22.0 Å². The molecule has 2 aromatic carbocycles. The number of carbonyl (C=O) groups excluding carboxylic acids is 1. The molecule has 5 nitrogen and oxygen atoms in total. The summed E-state index contributed by atoms with van der Waals surface area (Å²) >= 11 is 3.46. The second-order valence-electron chi connectivity index (χ2n) is 6.58. The number of aliphatic carboxylic acids is 1. The minimum Gasteiger partial charge on any atom is -0.480 e. The quantitative estimate of drug-likeness (QED) is 0.677. The first-order valence-electron chi connectivity index (χ1n) is 8.74. The van der Waals surface area contributed by atoms with Crippen molar-refractivity contribution >= 4 is 38.7 Å². The van der Waals surface area contributed by atoms with Crippen LogP contribution in [0.5, 0.6) is 0 Å². The molecule has 1 fully saturated rings. The maximum Gasteiger partial charge on any atom is 0.326 e. The molecule has 1 atom stereocenters. The number of halogens is 1. The molecule has 3 aromatic rings. The van der Waals surface area contributed by atoms with Gasteiger partial charge < -0.3 is 10.0 Å². The predicted octanol–water partition coefficient (Wildman–Crippen LogP) is 4.35. The number of likely N-dealkylation sites (tertiary alicyclic amines) is 1. The number of pyridine rings is 1. The van der Waals surface area contributed by atoms with Crippen LogP contribution in [0.1, 0.15) is 23.2 Å². The highest BCUT2D eigenvalue weighted by molar-refractivity contribution is 9.10. The summed E-state index contributed by atoms with van der Waals surface area (Å²) in [5.41, 5.74) is 2.78. The van der Waals surface area contributed by atoms with Crippen LogP contribution in [0.15, 0.2) is 59.1 Å². The third-order valence-electron chi connectivity index (χ3n) is 4.87. The fraction of sp³-hybridized carbons (Fsp3) is 0.190. The third-order valence-corrected chi connectivity index (χ3v) is 5.36. The van der Waals surface area contributed by atoms with Crippen LogP contribution in [0.25, 0.3) is 22.2 Å². The number of rotatable bonds is 3. The van der Waals surface area contributed by atoms with Gasteiger partial charge in [-0.3, -0.25) is 4.79 Å². The van der Waals surface area contributed by atoms with Gasteiger partial charge in [-0.05, 0) is 31.0 Å². The Hall–Kier alpha value is -2.73. The first-order chi connectivity index (χ1) is 13.0. The first-order valence-corrected chi connectivity index (χ1v) is 9.53. The number of aromatic nitrogens is 1. The summed E-state index contributed by atoms with van der Waals surface area (Å²) in [5, 5.41) is 10.2. The van der Waals surface area contributed by atoms with E-state index in [-0.39, 0.29) is 5.91 Å². The maximum absolute atomic E-state index is 13.3. The summed E-state index contributed by atoms with van der Waals surface area (Å²) in [6.45, 7) is 0.455. The molecule has 1 aromatic heterocycles. The van der Waals surface area contributed by atoms with E-state index in [1.54, 1.807) is 6.07 Å².